The summed E-state index contributed by atoms with van der Waals surface area (Å²) >= 11 is 0. The Morgan fingerprint density at radius 3 is 1.71 bits per heavy atom. The van der Waals surface area contributed by atoms with E-state index < -0.39 is 36.1 Å². The first-order chi connectivity index (χ1) is 20.4. The Bertz CT molecular complexity index is 1260. The molecule has 3 N–H and O–H groups in total. The second-order valence-corrected chi connectivity index (χ2v) is 9.52. The maximum Gasteiger partial charge on any atom is 0.408 e. The van der Waals surface area contributed by atoms with E-state index in [0.29, 0.717) is 19.4 Å². The number of esters is 1. The van der Waals surface area contributed by atoms with Gasteiger partial charge in [-0.1, -0.05) is 91.0 Å². The zero-order valence-electron chi connectivity index (χ0n) is 23.6. The number of methoxy groups -OCH3 is 1. The van der Waals surface area contributed by atoms with Gasteiger partial charge in [0.1, 0.15) is 25.3 Å². The third kappa shape index (κ3) is 11.7. The van der Waals surface area contributed by atoms with Gasteiger partial charge in [-0.25, -0.2) is 14.4 Å². The number of alkyl carbamates (subject to hydrolysis) is 2. The molecule has 3 aromatic carbocycles. The molecule has 222 valence electrons. The number of ether oxygens (including phenoxy) is 3. The normalized spacial score (nSPS) is 11.8. The maximum absolute atomic E-state index is 13.3. The van der Waals surface area contributed by atoms with Crippen LogP contribution >= 0.6 is 0 Å². The van der Waals surface area contributed by atoms with Gasteiger partial charge in [-0.2, -0.15) is 0 Å². The van der Waals surface area contributed by atoms with Gasteiger partial charge >= 0.3 is 18.2 Å². The van der Waals surface area contributed by atoms with Crippen LogP contribution in [0.15, 0.2) is 91.0 Å². The van der Waals surface area contributed by atoms with E-state index in [9.17, 15) is 19.2 Å². The SMILES string of the molecule is COC(=O)[C@H](CCCCNC(=O)OCc1ccccc1)NC(=O)[C@H](Cc1ccccc1)NC(=O)OCc1ccccc1. The molecular formula is C32H37N3O7. The van der Waals surface area contributed by atoms with Crippen LogP contribution in [0, 0.1) is 0 Å². The van der Waals surface area contributed by atoms with E-state index in [-0.39, 0.29) is 26.1 Å². The lowest BCUT2D eigenvalue weighted by Gasteiger charge is -2.22. The van der Waals surface area contributed by atoms with Crippen LogP contribution in [0.2, 0.25) is 0 Å². The number of benzene rings is 3. The molecule has 0 aliphatic heterocycles. The molecule has 2 atom stereocenters. The zero-order chi connectivity index (χ0) is 30.0. The smallest absolute Gasteiger partial charge is 0.408 e. The molecule has 3 rings (SSSR count). The van der Waals surface area contributed by atoms with Crippen molar-refractivity contribution in [2.24, 2.45) is 0 Å². The molecule has 0 aromatic heterocycles. The third-order valence-electron chi connectivity index (χ3n) is 6.31. The lowest BCUT2D eigenvalue weighted by atomic mass is 10.0. The summed E-state index contributed by atoms with van der Waals surface area (Å²) in [5.41, 5.74) is 2.51. The highest BCUT2D eigenvalue weighted by molar-refractivity contribution is 5.89. The molecule has 0 bridgehead atoms. The van der Waals surface area contributed by atoms with E-state index in [4.69, 9.17) is 14.2 Å². The van der Waals surface area contributed by atoms with E-state index in [1.54, 1.807) is 0 Å². The molecule has 0 saturated carbocycles. The van der Waals surface area contributed by atoms with Crippen molar-refractivity contribution in [2.45, 2.75) is 51.0 Å². The summed E-state index contributed by atoms with van der Waals surface area (Å²) in [7, 11) is 1.24. The fourth-order valence-electron chi connectivity index (χ4n) is 4.07. The molecular weight excluding hydrogens is 538 g/mol. The van der Waals surface area contributed by atoms with E-state index in [0.717, 1.165) is 16.7 Å². The Morgan fingerprint density at radius 2 is 1.17 bits per heavy atom. The first-order valence-electron chi connectivity index (χ1n) is 13.8. The van der Waals surface area contributed by atoms with Crippen molar-refractivity contribution in [1.82, 2.24) is 16.0 Å². The molecule has 42 heavy (non-hydrogen) atoms. The number of unbranched alkanes of at least 4 members (excludes halogenated alkanes) is 1. The minimum atomic E-state index is -0.996. The van der Waals surface area contributed by atoms with Crippen LogP contribution in [0.3, 0.4) is 0 Å². The largest absolute Gasteiger partial charge is 0.467 e. The molecule has 0 fully saturated rings. The Balaban J connectivity index is 1.50. The van der Waals surface area contributed by atoms with Crippen molar-refractivity contribution in [3.63, 3.8) is 0 Å². The number of nitrogens with one attached hydrogen (secondary N) is 3. The number of carbonyl (C=O) groups excluding carboxylic acids is 4. The summed E-state index contributed by atoms with van der Waals surface area (Å²) in [6, 6.07) is 25.8. The van der Waals surface area contributed by atoms with Crippen molar-refractivity contribution < 1.29 is 33.4 Å². The van der Waals surface area contributed by atoms with Crippen molar-refractivity contribution >= 4 is 24.1 Å². The number of hydrogen-bond donors (Lipinski definition) is 3. The minimum Gasteiger partial charge on any atom is -0.467 e. The zero-order valence-corrected chi connectivity index (χ0v) is 23.6. The average Bonchev–Trinajstić information content (AvgIpc) is 3.02. The van der Waals surface area contributed by atoms with Crippen molar-refractivity contribution in [2.75, 3.05) is 13.7 Å². The summed E-state index contributed by atoms with van der Waals surface area (Å²) in [6.45, 7) is 0.549. The van der Waals surface area contributed by atoms with Gasteiger partial charge in [-0.3, -0.25) is 4.79 Å². The van der Waals surface area contributed by atoms with Gasteiger partial charge in [0.15, 0.2) is 0 Å². The van der Waals surface area contributed by atoms with Gasteiger partial charge in [0.05, 0.1) is 7.11 Å². The number of amides is 3. The quantitative estimate of drug-likeness (QED) is 0.140. The van der Waals surface area contributed by atoms with Crippen LogP contribution in [-0.2, 0) is 43.4 Å². The first-order valence-corrected chi connectivity index (χ1v) is 13.8. The first kappa shape index (κ1) is 31.7. The molecule has 10 nitrogen and oxygen atoms in total. The molecule has 0 aliphatic rings. The number of rotatable bonds is 15. The van der Waals surface area contributed by atoms with Gasteiger partial charge in [0, 0.05) is 13.0 Å². The van der Waals surface area contributed by atoms with Crippen LogP contribution in [0.5, 0.6) is 0 Å². The lowest BCUT2D eigenvalue weighted by molar-refractivity contribution is -0.145. The Hall–Kier alpha value is -4.86. The molecule has 3 aromatic rings. The predicted molar refractivity (Wildman–Crippen MR) is 156 cm³/mol. The van der Waals surface area contributed by atoms with Gasteiger partial charge in [0.2, 0.25) is 5.91 Å². The molecule has 3 amide bonds. The molecule has 10 heteroatoms. The summed E-state index contributed by atoms with van der Waals surface area (Å²) in [5, 5.41) is 8.01. The summed E-state index contributed by atoms with van der Waals surface area (Å²) in [4.78, 5) is 50.3. The van der Waals surface area contributed by atoms with Crippen LogP contribution in [-0.4, -0.2) is 49.8 Å². The molecule has 0 unspecified atom stereocenters. The maximum atomic E-state index is 13.3. The summed E-state index contributed by atoms with van der Waals surface area (Å²) < 4.78 is 15.4. The molecule has 0 saturated heterocycles. The topological polar surface area (TPSA) is 132 Å². The van der Waals surface area contributed by atoms with Crippen molar-refractivity contribution in [1.29, 1.82) is 0 Å². The standard InChI is InChI=1S/C32H37N3O7/c1-40-30(37)27(19-11-12-20-33-31(38)41-22-25-15-7-3-8-16-25)34-29(36)28(21-24-13-5-2-6-14-24)35-32(39)42-23-26-17-9-4-10-18-26/h2-10,13-18,27-28H,11-12,19-23H2,1H3,(H,33,38)(H,34,36)(H,35,39)/t27-,28-/m0/s1. The highest BCUT2D eigenvalue weighted by Crippen LogP contribution is 2.08. The fourth-order valence-corrected chi connectivity index (χ4v) is 4.07. The van der Waals surface area contributed by atoms with Crippen molar-refractivity contribution in [3.05, 3.63) is 108 Å². The Kier molecular flexibility index (Phi) is 13.4. The highest BCUT2D eigenvalue weighted by atomic mass is 16.6. The van der Waals surface area contributed by atoms with E-state index in [1.807, 2.05) is 91.0 Å². The second-order valence-electron chi connectivity index (χ2n) is 9.52. The van der Waals surface area contributed by atoms with E-state index in [1.165, 1.54) is 7.11 Å². The van der Waals surface area contributed by atoms with Gasteiger partial charge in [-0.05, 0) is 36.0 Å². The van der Waals surface area contributed by atoms with Gasteiger partial charge in [-0.15, -0.1) is 0 Å². The van der Waals surface area contributed by atoms with Gasteiger partial charge < -0.3 is 30.2 Å². The fraction of sp³-hybridized carbons (Fsp3) is 0.312. The van der Waals surface area contributed by atoms with Crippen molar-refractivity contribution in [3.8, 4) is 0 Å². The van der Waals surface area contributed by atoms with Crippen LogP contribution in [0.25, 0.3) is 0 Å². The average molecular weight is 576 g/mol. The number of carbonyl (C=O) groups is 4. The highest BCUT2D eigenvalue weighted by Gasteiger charge is 2.28. The Morgan fingerprint density at radius 1 is 0.643 bits per heavy atom. The van der Waals surface area contributed by atoms with Gasteiger partial charge in [0.25, 0.3) is 0 Å². The third-order valence-corrected chi connectivity index (χ3v) is 6.31. The van der Waals surface area contributed by atoms with E-state index >= 15 is 0 Å². The molecule has 0 spiro atoms. The van der Waals surface area contributed by atoms with Crippen LogP contribution in [0.4, 0.5) is 9.59 Å². The minimum absolute atomic E-state index is 0.0466. The summed E-state index contributed by atoms with van der Waals surface area (Å²) in [5.74, 6) is -1.16. The lowest BCUT2D eigenvalue weighted by Crippen LogP contribution is -2.52. The summed E-state index contributed by atoms with van der Waals surface area (Å²) in [6.07, 6.45) is 0.225. The molecule has 0 radical (unpaired) electrons. The van der Waals surface area contributed by atoms with Crippen LogP contribution < -0.4 is 16.0 Å². The van der Waals surface area contributed by atoms with E-state index in [2.05, 4.69) is 16.0 Å². The predicted octanol–water partition coefficient (Wildman–Crippen LogP) is 4.28. The molecule has 0 heterocycles. The number of hydrogen-bond acceptors (Lipinski definition) is 7. The molecule has 0 aliphatic carbocycles. The van der Waals surface area contributed by atoms with Crippen LogP contribution in [0.1, 0.15) is 36.0 Å². The monoisotopic (exact) mass is 575 g/mol. The Labute approximate surface area is 245 Å². The second kappa shape index (κ2) is 17.8.